The molecular formula is C23H17Cl2N3O2S. The summed E-state index contributed by atoms with van der Waals surface area (Å²) >= 11 is 13.3. The third-order valence-electron chi connectivity index (χ3n) is 4.60. The van der Waals surface area contributed by atoms with Gasteiger partial charge in [0.1, 0.15) is 0 Å². The van der Waals surface area contributed by atoms with E-state index in [0.29, 0.717) is 37.5 Å². The van der Waals surface area contributed by atoms with Crippen LogP contribution in [0.1, 0.15) is 6.92 Å². The molecule has 1 heterocycles. The number of thioether (sulfide) groups is 1. The molecule has 156 valence electrons. The van der Waals surface area contributed by atoms with Gasteiger partial charge in [-0.2, -0.15) is 0 Å². The van der Waals surface area contributed by atoms with Crippen molar-refractivity contribution in [1.29, 1.82) is 0 Å². The first-order valence-corrected chi connectivity index (χ1v) is 11.1. The van der Waals surface area contributed by atoms with Crippen molar-refractivity contribution in [2.75, 3.05) is 5.32 Å². The lowest BCUT2D eigenvalue weighted by Gasteiger charge is -2.17. The second-order valence-electron chi connectivity index (χ2n) is 6.76. The highest BCUT2D eigenvalue weighted by molar-refractivity contribution is 8.00. The van der Waals surface area contributed by atoms with Crippen LogP contribution in [-0.4, -0.2) is 20.7 Å². The van der Waals surface area contributed by atoms with Gasteiger partial charge in [-0.25, -0.2) is 4.98 Å². The summed E-state index contributed by atoms with van der Waals surface area (Å²) < 4.78 is 1.53. The van der Waals surface area contributed by atoms with Gasteiger partial charge >= 0.3 is 0 Å². The molecule has 0 radical (unpaired) electrons. The molecule has 1 atom stereocenters. The van der Waals surface area contributed by atoms with Crippen LogP contribution in [0.4, 0.5) is 5.69 Å². The van der Waals surface area contributed by atoms with Crippen LogP contribution < -0.4 is 10.9 Å². The molecular weight excluding hydrogens is 453 g/mol. The summed E-state index contributed by atoms with van der Waals surface area (Å²) in [6.07, 6.45) is 0. The summed E-state index contributed by atoms with van der Waals surface area (Å²) in [7, 11) is 0. The van der Waals surface area contributed by atoms with Crippen LogP contribution in [0.15, 0.2) is 82.7 Å². The number of hydrogen-bond acceptors (Lipinski definition) is 4. The molecule has 0 spiro atoms. The van der Waals surface area contributed by atoms with E-state index in [1.165, 1.54) is 16.3 Å². The molecule has 4 aromatic rings. The maximum atomic E-state index is 13.2. The molecule has 31 heavy (non-hydrogen) atoms. The fourth-order valence-electron chi connectivity index (χ4n) is 3.03. The molecule has 0 fully saturated rings. The van der Waals surface area contributed by atoms with Crippen LogP contribution in [-0.2, 0) is 4.79 Å². The molecule has 1 aromatic heterocycles. The largest absolute Gasteiger partial charge is 0.324 e. The van der Waals surface area contributed by atoms with Crippen molar-refractivity contribution in [1.82, 2.24) is 9.55 Å². The van der Waals surface area contributed by atoms with E-state index >= 15 is 0 Å². The van der Waals surface area contributed by atoms with Crippen molar-refractivity contribution >= 4 is 57.5 Å². The van der Waals surface area contributed by atoms with E-state index in [9.17, 15) is 9.59 Å². The van der Waals surface area contributed by atoms with Crippen molar-refractivity contribution in [2.24, 2.45) is 0 Å². The molecule has 4 rings (SSSR count). The third kappa shape index (κ3) is 4.61. The highest BCUT2D eigenvalue weighted by Crippen LogP contribution is 2.28. The highest BCUT2D eigenvalue weighted by Gasteiger charge is 2.21. The normalized spacial score (nSPS) is 12.0. The Morgan fingerprint density at radius 1 is 1.03 bits per heavy atom. The lowest BCUT2D eigenvalue weighted by molar-refractivity contribution is -0.115. The van der Waals surface area contributed by atoms with Crippen molar-refractivity contribution in [2.45, 2.75) is 17.3 Å². The third-order valence-corrected chi connectivity index (χ3v) is 6.20. The highest BCUT2D eigenvalue weighted by atomic mass is 35.5. The first-order chi connectivity index (χ1) is 14.9. The van der Waals surface area contributed by atoms with Gasteiger partial charge in [-0.05, 0) is 49.4 Å². The number of hydrogen-bond donors (Lipinski definition) is 1. The second-order valence-corrected chi connectivity index (χ2v) is 8.91. The van der Waals surface area contributed by atoms with E-state index in [4.69, 9.17) is 23.2 Å². The zero-order valence-electron chi connectivity index (χ0n) is 16.4. The standard InChI is InChI=1S/C23H17Cl2N3O2S/c1-14(21(29)26-20-12-11-15(24)13-18(20)25)31-23-27-19-10-6-5-9-17(19)22(30)28(23)16-7-3-2-4-8-16/h2-14H,1H3,(H,26,29). The Kier molecular flexibility index (Phi) is 6.32. The van der Waals surface area contributed by atoms with E-state index in [1.54, 1.807) is 43.3 Å². The van der Waals surface area contributed by atoms with Crippen LogP contribution >= 0.6 is 35.0 Å². The van der Waals surface area contributed by atoms with Crippen molar-refractivity contribution in [3.63, 3.8) is 0 Å². The molecule has 0 saturated heterocycles. The smallest absolute Gasteiger partial charge is 0.266 e. The Bertz CT molecular complexity index is 1330. The average molecular weight is 470 g/mol. The number of benzene rings is 3. The minimum atomic E-state index is -0.547. The van der Waals surface area contributed by atoms with E-state index in [0.717, 1.165) is 0 Å². The minimum Gasteiger partial charge on any atom is -0.324 e. The van der Waals surface area contributed by atoms with Gasteiger partial charge in [-0.1, -0.05) is 65.3 Å². The molecule has 0 saturated carbocycles. The number of fused-ring (bicyclic) bond motifs is 1. The molecule has 0 aliphatic heterocycles. The number of aromatic nitrogens is 2. The Balaban J connectivity index is 1.70. The molecule has 3 aromatic carbocycles. The predicted molar refractivity (Wildman–Crippen MR) is 128 cm³/mol. The number of anilines is 1. The Morgan fingerprint density at radius 3 is 2.48 bits per heavy atom. The van der Waals surface area contributed by atoms with Gasteiger partial charge in [0.15, 0.2) is 5.16 Å². The quantitative estimate of drug-likeness (QED) is 0.295. The average Bonchev–Trinajstić information content (AvgIpc) is 2.76. The van der Waals surface area contributed by atoms with Crippen LogP contribution in [0.5, 0.6) is 0 Å². The Labute approximate surface area is 193 Å². The number of carbonyl (C=O) groups is 1. The van der Waals surface area contributed by atoms with Gasteiger partial charge in [-0.3, -0.25) is 14.2 Å². The molecule has 1 amide bonds. The second kappa shape index (κ2) is 9.14. The van der Waals surface area contributed by atoms with Gasteiger partial charge in [0.2, 0.25) is 5.91 Å². The Hall–Kier alpha value is -2.80. The predicted octanol–water partition coefficient (Wildman–Crippen LogP) is 5.81. The molecule has 1 N–H and O–H groups in total. The SMILES string of the molecule is CC(Sc1nc2ccccc2c(=O)n1-c1ccccc1)C(=O)Nc1ccc(Cl)cc1Cl. The summed E-state index contributed by atoms with van der Waals surface area (Å²) in [6.45, 7) is 1.75. The fourth-order valence-corrected chi connectivity index (χ4v) is 4.42. The van der Waals surface area contributed by atoms with Gasteiger partial charge < -0.3 is 5.32 Å². The first kappa shape index (κ1) is 21.4. The minimum absolute atomic E-state index is 0.187. The lowest BCUT2D eigenvalue weighted by atomic mass is 10.2. The zero-order chi connectivity index (χ0) is 22.0. The lowest BCUT2D eigenvalue weighted by Crippen LogP contribution is -2.26. The molecule has 1 unspecified atom stereocenters. The number of nitrogens with zero attached hydrogens (tertiary/aromatic N) is 2. The fraction of sp³-hybridized carbons (Fsp3) is 0.0870. The molecule has 0 bridgehead atoms. The van der Waals surface area contributed by atoms with Crippen LogP contribution in [0.25, 0.3) is 16.6 Å². The Morgan fingerprint density at radius 2 is 1.74 bits per heavy atom. The van der Waals surface area contributed by atoms with E-state index < -0.39 is 5.25 Å². The van der Waals surface area contributed by atoms with Crippen molar-refractivity contribution in [3.05, 3.63) is 93.2 Å². The maximum Gasteiger partial charge on any atom is 0.266 e. The zero-order valence-corrected chi connectivity index (χ0v) is 18.7. The molecule has 8 heteroatoms. The van der Waals surface area contributed by atoms with E-state index in [-0.39, 0.29) is 11.5 Å². The number of nitrogens with one attached hydrogen (secondary N) is 1. The van der Waals surface area contributed by atoms with E-state index in [2.05, 4.69) is 10.3 Å². The van der Waals surface area contributed by atoms with Gasteiger partial charge in [0.25, 0.3) is 5.56 Å². The molecule has 0 aliphatic carbocycles. The summed E-state index contributed by atoms with van der Waals surface area (Å²) in [5.74, 6) is -0.267. The van der Waals surface area contributed by atoms with Crippen LogP contribution in [0.3, 0.4) is 0 Å². The maximum absolute atomic E-state index is 13.2. The van der Waals surface area contributed by atoms with Gasteiger partial charge in [0, 0.05) is 5.02 Å². The number of halogens is 2. The summed E-state index contributed by atoms with van der Waals surface area (Å²) in [5, 5.41) is 4.04. The van der Waals surface area contributed by atoms with Crippen LogP contribution in [0, 0.1) is 0 Å². The summed E-state index contributed by atoms with van der Waals surface area (Å²) in [5.41, 5.74) is 1.54. The van der Waals surface area contributed by atoms with Gasteiger partial charge in [-0.15, -0.1) is 0 Å². The van der Waals surface area contributed by atoms with Crippen molar-refractivity contribution in [3.8, 4) is 5.69 Å². The monoisotopic (exact) mass is 469 g/mol. The number of carbonyl (C=O) groups excluding carboxylic acids is 1. The topological polar surface area (TPSA) is 64.0 Å². The van der Waals surface area contributed by atoms with Crippen LogP contribution in [0.2, 0.25) is 10.0 Å². The molecule has 5 nitrogen and oxygen atoms in total. The van der Waals surface area contributed by atoms with Gasteiger partial charge in [0.05, 0.1) is 32.6 Å². The number of para-hydroxylation sites is 2. The van der Waals surface area contributed by atoms with E-state index in [1.807, 2.05) is 36.4 Å². The number of rotatable bonds is 5. The molecule has 0 aliphatic rings. The first-order valence-electron chi connectivity index (χ1n) is 9.44. The van der Waals surface area contributed by atoms with Crippen molar-refractivity contribution < 1.29 is 4.79 Å². The summed E-state index contributed by atoms with van der Waals surface area (Å²) in [6, 6.07) is 21.3. The number of amides is 1. The summed E-state index contributed by atoms with van der Waals surface area (Å²) in [4.78, 5) is 30.7.